The van der Waals surface area contributed by atoms with Crippen LogP contribution in [0.4, 0.5) is 8.78 Å². The summed E-state index contributed by atoms with van der Waals surface area (Å²) in [5, 5.41) is 0. The van der Waals surface area contributed by atoms with Crippen LogP contribution in [0.2, 0.25) is 0 Å². The van der Waals surface area contributed by atoms with Crippen molar-refractivity contribution in [1.29, 1.82) is 0 Å². The fourth-order valence-corrected chi connectivity index (χ4v) is 1.96. The molecule has 1 heterocycles. The van der Waals surface area contributed by atoms with Gasteiger partial charge in [0, 0.05) is 13.1 Å². The predicted octanol–water partition coefficient (Wildman–Crippen LogP) is 0.879. The number of carbonyl (C=O) groups is 1. The van der Waals surface area contributed by atoms with Gasteiger partial charge in [-0.15, -0.1) is 0 Å². The largest absolute Gasteiger partial charge is 0.485 e. The number of para-hydroxylation sites is 2. The van der Waals surface area contributed by atoms with Gasteiger partial charge in [-0.1, -0.05) is 12.1 Å². The number of nitrogens with two attached hydrogens (primary N) is 1. The minimum atomic E-state index is -2.61. The van der Waals surface area contributed by atoms with Gasteiger partial charge in [-0.25, -0.2) is 8.78 Å². The van der Waals surface area contributed by atoms with Gasteiger partial charge in [-0.05, 0) is 12.1 Å². The lowest BCUT2D eigenvalue weighted by Crippen LogP contribution is -2.49. The Morgan fingerprint density at radius 2 is 2.10 bits per heavy atom. The van der Waals surface area contributed by atoms with Gasteiger partial charge in [0.15, 0.2) is 11.5 Å². The number of fused-ring (bicyclic) bond motifs is 1. The SMILES string of the molecule is NCCN(CC(F)F)C(=O)C1COc2ccccc2O1. The van der Waals surface area contributed by atoms with Gasteiger partial charge in [0.05, 0.1) is 6.54 Å². The zero-order valence-corrected chi connectivity index (χ0v) is 10.8. The number of hydrogen-bond acceptors (Lipinski definition) is 4. The summed E-state index contributed by atoms with van der Waals surface area (Å²) in [5.74, 6) is 0.433. The minimum Gasteiger partial charge on any atom is -0.485 e. The van der Waals surface area contributed by atoms with Gasteiger partial charge in [-0.2, -0.15) is 0 Å². The highest BCUT2D eigenvalue weighted by molar-refractivity contribution is 5.82. The van der Waals surface area contributed by atoms with Gasteiger partial charge in [0.2, 0.25) is 6.10 Å². The van der Waals surface area contributed by atoms with Crippen LogP contribution in [0, 0.1) is 0 Å². The predicted molar refractivity (Wildman–Crippen MR) is 68.0 cm³/mol. The number of ether oxygens (including phenoxy) is 2. The Morgan fingerprint density at radius 3 is 2.75 bits per heavy atom. The molecule has 2 rings (SSSR count). The molecule has 1 aromatic rings. The zero-order chi connectivity index (χ0) is 14.5. The molecule has 0 spiro atoms. The monoisotopic (exact) mass is 286 g/mol. The van der Waals surface area contributed by atoms with E-state index in [-0.39, 0.29) is 19.7 Å². The summed E-state index contributed by atoms with van der Waals surface area (Å²) in [5.41, 5.74) is 5.34. The number of hydrogen-bond donors (Lipinski definition) is 1. The average Bonchev–Trinajstić information content (AvgIpc) is 2.45. The van der Waals surface area contributed by atoms with Crippen LogP contribution in [0.15, 0.2) is 24.3 Å². The number of rotatable bonds is 5. The van der Waals surface area contributed by atoms with E-state index in [0.29, 0.717) is 11.5 Å². The maximum absolute atomic E-state index is 12.5. The van der Waals surface area contributed by atoms with Crippen molar-refractivity contribution >= 4 is 5.91 Å². The molecule has 0 bridgehead atoms. The van der Waals surface area contributed by atoms with Crippen molar-refractivity contribution in [1.82, 2.24) is 4.90 Å². The second-order valence-corrected chi connectivity index (χ2v) is 4.33. The van der Waals surface area contributed by atoms with Crippen molar-refractivity contribution in [2.24, 2.45) is 5.73 Å². The molecular formula is C13H16F2N2O3. The Balaban J connectivity index is 2.05. The van der Waals surface area contributed by atoms with Crippen molar-refractivity contribution < 1.29 is 23.0 Å². The standard InChI is InChI=1S/C13H16F2N2O3/c14-12(15)7-17(6-5-16)13(18)11-8-19-9-3-1-2-4-10(9)20-11/h1-4,11-12H,5-8,16H2. The van der Waals surface area contributed by atoms with E-state index in [1.165, 1.54) is 0 Å². The first kappa shape index (κ1) is 14.5. The molecule has 2 N–H and O–H groups in total. The summed E-state index contributed by atoms with van der Waals surface area (Å²) in [6.45, 7) is -0.481. The fraction of sp³-hybridized carbons (Fsp3) is 0.462. The molecule has 0 fully saturated rings. The van der Waals surface area contributed by atoms with Crippen LogP contribution in [0.5, 0.6) is 11.5 Å². The van der Waals surface area contributed by atoms with Crippen LogP contribution in [-0.2, 0) is 4.79 Å². The van der Waals surface area contributed by atoms with Crippen molar-refractivity contribution in [2.75, 3.05) is 26.2 Å². The first-order valence-corrected chi connectivity index (χ1v) is 6.27. The summed E-state index contributed by atoms with van der Waals surface area (Å²) in [7, 11) is 0. The van der Waals surface area contributed by atoms with Crippen LogP contribution < -0.4 is 15.2 Å². The normalized spacial score (nSPS) is 17.1. The molecule has 5 nitrogen and oxygen atoms in total. The van der Waals surface area contributed by atoms with Crippen LogP contribution in [-0.4, -0.2) is 49.6 Å². The van der Waals surface area contributed by atoms with Crippen LogP contribution in [0.3, 0.4) is 0 Å². The van der Waals surface area contributed by atoms with Crippen LogP contribution >= 0.6 is 0 Å². The molecule has 0 saturated carbocycles. The topological polar surface area (TPSA) is 64.8 Å². The van der Waals surface area contributed by atoms with E-state index in [1.807, 2.05) is 0 Å². The molecule has 0 aromatic heterocycles. The molecule has 1 amide bonds. The van der Waals surface area contributed by atoms with Crippen molar-refractivity contribution in [2.45, 2.75) is 12.5 Å². The van der Waals surface area contributed by atoms with Gasteiger partial charge >= 0.3 is 0 Å². The van der Waals surface area contributed by atoms with E-state index in [2.05, 4.69) is 0 Å². The molecule has 1 aromatic carbocycles. The molecule has 1 aliphatic heterocycles. The molecule has 20 heavy (non-hydrogen) atoms. The summed E-state index contributed by atoms with van der Waals surface area (Å²) >= 11 is 0. The quantitative estimate of drug-likeness (QED) is 0.872. The molecular weight excluding hydrogens is 270 g/mol. The lowest BCUT2D eigenvalue weighted by atomic mass is 10.2. The Morgan fingerprint density at radius 1 is 1.40 bits per heavy atom. The van der Waals surface area contributed by atoms with E-state index in [4.69, 9.17) is 15.2 Å². The first-order valence-electron chi connectivity index (χ1n) is 6.27. The Labute approximate surface area is 115 Å². The molecule has 1 unspecified atom stereocenters. The fourth-order valence-electron chi connectivity index (χ4n) is 1.96. The Bertz CT molecular complexity index is 471. The number of carbonyl (C=O) groups excluding carboxylic acids is 1. The van der Waals surface area contributed by atoms with Gasteiger partial charge in [0.1, 0.15) is 6.61 Å². The first-order chi connectivity index (χ1) is 9.61. The van der Waals surface area contributed by atoms with Crippen molar-refractivity contribution in [3.8, 4) is 11.5 Å². The molecule has 1 aliphatic rings. The van der Waals surface area contributed by atoms with Crippen molar-refractivity contribution in [3.05, 3.63) is 24.3 Å². The van der Waals surface area contributed by atoms with Crippen LogP contribution in [0.25, 0.3) is 0 Å². The summed E-state index contributed by atoms with van der Waals surface area (Å²) in [4.78, 5) is 13.2. The summed E-state index contributed by atoms with van der Waals surface area (Å²) < 4.78 is 35.8. The van der Waals surface area contributed by atoms with E-state index in [9.17, 15) is 13.6 Å². The minimum absolute atomic E-state index is 0.000155. The Kier molecular flexibility index (Phi) is 4.73. The molecule has 0 aliphatic carbocycles. The summed E-state index contributed by atoms with van der Waals surface area (Å²) in [6, 6.07) is 6.90. The number of alkyl halides is 2. The van der Waals surface area contributed by atoms with E-state index in [0.717, 1.165) is 4.90 Å². The maximum atomic E-state index is 12.5. The molecule has 0 radical (unpaired) electrons. The number of halogens is 2. The number of benzene rings is 1. The average molecular weight is 286 g/mol. The second kappa shape index (κ2) is 6.51. The lowest BCUT2D eigenvalue weighted by molar-refractivity contribution is -0.143. The third kappa shape index (κ3) is 3.36. The maximum Gasteiger partial charge on any atom is 0.267 e. The second-order valence-electron chi connectivity index (χ2n) is 4.33. The highest BCUT2D eigenvalue weighted by Crippen LogP contribution is 2.31. The third-order valence-electron chi connectivity index (χ3n) is 2.85. The molecule has 7 heteroatoms. The van der Waals surface area contributed by atoms with Gasteiger partial charge < -0.3 is 20.1 Å². The Hall–Kier alpha value is -1.89. The molecule has 110 valence electrons. The van der Waals surface area contributed by atoms with Crippen LogP contribution in [0.1, 0.15) is 0 Å². The van der Waals surface area contributed by atoms with E-state index in [1.54, 1.807) is 24.3 Å². The van der Waals surface area contributed by atoms with E-state index < -0.39 is 25.0 Å². The van der Waals surface area contributed by atoms with Gasteiger partial charge in [-0.3, -0.25) is 4.79 Å². The number of amides is 1. The zero-order valence-electron chi connectivity index (χ0n) is 10.8. The molecule has 1 atom stereocenters. The molecule has 0 saturated heterocycles. The number of nitrogens with zero attached hydrogens (tertiary/aromatic N) is 1. The summed E-state index contributed by atoms with van der Waals surface area (Å²) in [6.07, 6.45) is -3.53. The lowest BCUT2D eigenvalue weighted by Gasteiger charge is -2.30. The third-order valence-corrected chi connectivity index (χ3v) is 2.85. The highest BCUT2D eigenvalue weighted by Gasteiger charge is 2.31. The van der Waals surface area contributed by atoms with Crippen molar-refractivity contribution in [3.63, 3.8) is 0 Å². The smallest absolute Gasteiger partial charge is 0.267 e. The highest BCUT2D eigenvalue weighted by atomic mass is 19.3. The van der Waals surface area contributed by atoms with E-state index >= 15 is 0 Å². The van der Waals surface area contributed by atoms with Gasteiger partial charge in [0.25, 0.3) is 12.3 Å².